The van der Waals surface area contributed by atoms with E-state index in [1.807, 2.05) is 0 Å². The van der Waals surface area contributed by atoms with E-state index in [1.54, 1.807) is 0 Å². The fourth-order valence-electron chi connectivity index (χ4n) is 0.0772. The standard InChI is InChI=1S/C6H12I/c1-4-6(2,3)5-7/h5H,4H2,1-3H3. The SMILES string of the molecule is CCC(C)(C)[CH]I. The van der Waals surface area contributed by atoms with Gasteiger partial charge in [0.25, 0.3) is 0 Å². The van der Waals surface area contributed by atoms with Gasteiger partial charge in [0.1, 0.15) is 0 Å². The molecule has 0 bridgehead atoms. The molecule has 0 spiro atoms. The van der Waals surface area contributed by atoms with Crippen LogP contribution in [0.3, 0.4) is 0 Å². The molecule has 0 saturated heterocycles. The van der Waals surface area contributed by atoms with E-state index in [9.17, 15) is 0 Å². The minimum absolute atomic E-state index is 0.445. The van der Waals surface area contributed by atoms with E-state index in [2.05, 4.69) is 47.8 Å². The molecule has 0 aliphatic rings. The molecule has 0 saturated carbocycles. The fourth-order valence-corrected chi connectivity index (χ4v) is 0.518. The second kappa shape index (κ2) is 2.90. The van der Waals surface area contributed by atoms with Crippen LogP contribution in [0.4, 0.5) is 0 Å². The number of hydrogen-bond donors (Lipinski definition) is 0. The highest BCUT2D eigenvalue weighted by Gasteiger charge is 2.11. The van der Waals surface area contributed by atoms with Gasteiger partial charge < -0.3 is 0 Å². The van der Waals surface area contributed by atoms with E-state index in [0.717, 1.165) is 0 Å². The fraction of sp³-hybridized carbons (Fsp3) is 0.833. The second-order valence-corrected chi connectivity index (χ2v) is 3.07. The average Bonchev–Trinajstić information content (AvgIpc) is 1.68. The zero-order valence-corrected chi connectivity index (χ0v) is 7.32. The van der Waals surface area contributed by atoms with E-state index < -0.39 is 0 Å². The molecule has 7 heavy (non-hydrogen) atoms. The van der Waals surface area contributed by atoms with Crippen LogP contribution in [0.2, 0.25) is 0 Å². The van der Waals surface area contributed by atoms with E-state index in [-0.39, 0.29) is 0 Å². The summed E-state index contributed by atoms with van der Waals surface area (Å²) in [5, 5.41) is 0. The zero-order valence-electron chi connectivity index (χ0n) is 5.16. The van der Waals surface area contributed by atoms with Gasteiger partial charge in [-0.1, -0.05) is 43.4 Å². The lowest BCUT2D eigenvalue weighted by Gasteiger charge is -2.16. The van der Waals surface area contributed by atoms with Gasteiger partial charge in [-0.05, 0) is 11.8 Å². The maximum Gasteiger partial charge on any atom is 0.0284 e. The number of hydrogen-bond acceptors (Lipinski definition) is 0. The molecule has 0 aromatic rings. The van der Waals surface area contributed by atoms with Crippen molar-refractivity contribution in [3.05, 3.63) is 4.43 Å². The van der Waals surface area contributed by atoms with Gasteiger partial charge in [0.2, 0.25) is 0 Å². The molecule has 0 unspecified atom stereocenters. The molecule has 0 heterocycles. The van der Waals surface area contributed by atoms with E-state index in [4.69, 9.17) is 0 Å². The lowest BCUT2D eigenvalue weighted by atomic mass is 9.94. The zero-order chi connectivity index (χ0) is 5.91. The first-order valence-electron chi connectivity index (χ1n) is 2.57. The molecule has 43 valence electrons. The van der Waals surface area contributed by atoms with Crippen LogP contribution in [0.15, 0.2) is 0 Å². The molecule has 0 aromatic heterocycles. The minimum Gasteiger partial charge on any atom is -0.0809 e. The molecule has 0 aliphatic heterocycles. The number of rotatable bonds is 2. The Labute approximate surface area is 59.8 Å². The van der Waals surface area contributed by atoms with Crippen LogP contribution in [0.25, 0.3) is 0 Å². The van der Waals surface area contributed by atoms with Crippen LogP contribution in [0.1, 0.15) is 27.2 Å². The van der Waals surface area contributed by atoms with Crippen LogP contribution < -0.4 is 0 Å². The Morgan fingerprint density at radius 1 is 1.57 bits per heavy atom. The third kappa shape index (κ3) is 3.32. The van der Waals surface area contributed by atoms with Crippen molar-refractivity contribution in [1.82, 2.24) is 0 Å². The van der Waals surface area contributed by atoms with Gasteiger partial charge in [-0.25, -0.2) is 0 Å². The van der Waals surface area contributed by atoms with Crippen molar-refractivity contribution in [3.8, 4) is 0 Å². The largest absolute Gasteiger partial charge is 0.0809 e. The summed E-state index contributed by atoms with van der Waals surface area (Å²) in [5.41, 5.74) is 0.445. The van der Waals surface area contributed by atoms with Gasteiger partial charge >= 0.3 is 0 Å². The first kappa shape index (κ1) is 7.73. The Hall–Kier alpha value is 0.730. The summed E-state index contributed by atoms with van der Waals surface area (Å²) in [4.78, 5) is 0. The van der Waals surface area contributed by atoms with E-state index in [0.29, 0.717) is 5.41 Å². The van der Waals surface area contributed by atoms with Crippen LogP contribution in [-0.2, 0) is 0 Å². The third-order valence-corrected chi connectivity index (χ3v) is 2.89. The van der Waals surface area contributed by atoms with Crippen molar-refractivity contribution >= 4 is 22.6 Å². The summed E-state index contributed by atoms with van der Waals surface area (Å²) in [6.45, 7) is 6.67. The Kier molecular flexibility index (Phi) is 3.20. The van der Waals surface area contributed by atoms with E-state index >= 15 is 0 Å². The Morgan fingerprint density at radius 2 is 2.00 bits per heavy atom. The quantitative estimate of drug-likeness (QED) is 0.616. The predicted molar refractivity (Wildman–Crippen MR) is 42.4 cm³/mol. The van der Waals surface area contributed by atoms with Crippen molar-refractivity contribution in [2.45, 2.75) is 27.2 Å². The highest BCUT2D eigenvalue weighted by Crippen LogP contribution is 2.26. The molecule has 1 heteroatoms. The highest BCUT2D eigenvalue weighted by atomic mass is 127. The summed E-state index contributed by atoms with van der Waals surface area (Å²) in [6, 6.07) is 0. The van der Waals surface area contributed by atoms with Crippen molar-refractivity contribution in [2.75, 3.05) is 0 Å². The smallest absolute Gasteiger partial charge is 0.0284 e. The monoisotopic (exact) mass is 211 g/mol. The summed E-state index contributed by atoms with van der Waals surface area (Å²) >= 11 is 2.31. The normalized spacial score (nSPS) is 12.0. The average molecular weight is 211 g/mol. The van der Waals surface area contributed by atoms with Gasteiger partial charge in [-0.15, -0.1) is 0 Å². The summed E-state index contributed by atoms with van der Waals surface area (Å²) in [7, 11) is 0. The first-order chi connectivity index (χ1) is 3.12. The molecule has 0 fully saturated rings. The Balaban J connectivity index is 3.36. The van der Waals surface area contributed by atoms with Crippen LogP contribution in [0.5, 0.6) is 0 Å². The van der Waals surface area contributed by atoms with Gasteiger partial charge in [0.05, 0.1) is 0 Å². The first-order valence-corrected chi connectivity index (χ1v) is 3.81. The molecule has 0 rings (SSSR count). The Morgan fingerprint density at radius 3 is 2.00 bits per heavy atom. The lowest BCUT2D eigenvalue weighted by molar-refractivity contribution is 0.452. The Bertz CT molecular complexity index is 42.1. The van der Waals surface area contributed by atoms with Crippen molar-refractivity contribution in [1.29, 1.82) is 0 Å². The molecular formula is C6H12I. The predicted octanol–water partition coefficient (Wildman–Crippen LogP) is 3.02. The minimum atomic E-state index is 0.445. The van der Waals surface area contributed by atoms with Gasteiger partial charge in [-0.2, -0.15) is 0 Å². The van der Waals surface area contributed by atoms with Crippen LogP contribution >= 0.6 is 22.6 Å². The summed E-state index contributed by atoms with van der Waals surface area (Å²) in [5.74, 6) is 0. The second-order valence-electron chi connectivity index (χ2n) is 2.45. The molecule has 0 nitrogen and oxygen atoms in total. The van der Waals surface area contributed by atoms with Crippen LogP contribution in [-0.4, -0.2) is 0 Å². The molecule has 0 amide bonds. The number of halogens is 1. The molecule has 1 radical (unpaired) electrons. The van der Waals surface area contributed by atoms with Crippen molar-refractivity contribution in [2.24, 2.45) is 5.41 Å². The molecule has 0 aliphatic carbocycles. The highest BCUT2D eigenvalue weighted by molar-refractivity contribution is 14.1. The van der Waals surface area contributed by atoms with Gasteiger partial charge in [0, 0.05) is 4.43 Å². The van der Waals surface area contributed by atoms with Crippen molar-refractivity contribution in [3.63, 3.8) is 0 Å². The summed E-state index contributed by atoms with van der Waals surface area (Å²) < 4.78 is 2.21. The third-order valence-electron chi connectivity index (χ3n) is 1.21. The van der Waals surface area contributed by atoms with Gasteiger partial charge in [0.15, 0.2) is 0 Å². The van der Waals surface area contributed by atoms with E-state index in [1.165, 1.54) is 6.42 Å². The topological polar surface area (TPSA) is 0 Å². The lowest BCUT2D eigenvalue weighted by Crippen LogP contribution is -2.05. The molecule has 0 N–H and O–H groups in total. The molecule has 0 atom stereocenters. The van der Waals surface area contributed by atoms with Crippen LogP contribution in [0, 0.1) is 9.84 Å². The molecular weight excluding hydrogens is 199 g/mol. The molecule has 0 aromatic carbocycles. The maximum absolute atomic E-state index is 2.31. The van der Waals surface area contributed by atoms with Gasteiger partial charge in [-0.3, -0.25) is 0 Å². The summed E-state index contributed by atoms with van der Waals surface area (Å²) in [6.07, 6.45) is 1.23. The maximum atomic E-state index is 2.31. The van der Waals surface area contributed by atoms with Crippen molar-refractivity contribution < 1.29 is 0 Å².